The van der Waals surface area contributed by atoms with E-state index in [0.29, 0.717) is 37.1 Å². The number of benzene rings is 1. The minimum absolute atomic E-state index is 0.0449. The number of carbonyl (C=O) groups is 1. The van der Waals surface area contributed by atoms with Crippen LogP contribution in [0, 0.1) is 17.7 Å². The highest BCUT2D eigenvalue weighted by Crippen LogP contribution is 2.48. The molecule has 0 spiro atoms. The summed E-state index contributed by atoms with van der Waals surface area (Å²) < 4.78 is 55.0. The second-order valence-electron chi connectivity index (χ2n) is 8.08. The van der Waals surface area contributed by atoms with Crippen LogP contribution in [0.5, 0.6) is 0 Å². The summed E-state index contributed by atoms with van der Waals surface area (Å²) in [5.41, 5.74) is 0.152. The number of hydrogen-bond acceptors (Lipinski definition) is 3. The second kappa shape index (κ2) is 6.78. The number of aromatic nitrogens is 3. The van der Waals surface area contributed by atoms with Crippen LogP contribution in [0.1, 0.15) is 40.5 Å². The van der Waals surface area contributed by atoms with Crippen molar-refractivity contribution in [2.45, 2.75) is 24.9 Å². The van der Waals surface area contributed by atoms with Crippen LogP contribution < -0.4 is 0 Å². The van der Waals surface area contributed by atoms with Gasteiger partial charge < -0.3 is 4.90 Å². The molecule has 156 valence electrons. The van der Waals surface area contributed by atoms with Crippen LogP contribution in [0.3, 0.4) is 0 Å². The van der Waals surface area contributed by atoms with Gasteiger partial charge in [-0.15, -0.1) is 10.2 Å². The van der Waals surface area contributed by atoms with Gasteiger partial charge in [-0.25, -0.2) is 4.39 Å². The Bertz CT molecular complexity index is 1110. The molecule has 1 unspecified atom stereocenters. The fourth-order valence-corrected chi connectivity index (χ4v) is 4.98. The zero-order valence-corrected chi connectivity index (χ0v) is 15.8. The summed E-state index contributed by atoms with van der Waals surface area (Å²) in [6, 6.07) is 8.44. The smallest absolute Gasteiger partial charge is 0.335 e. The maximum atomic E-state index is 13.6. The third-order valence-electron chi connectivity index (χ3n) is 6.30. The zero-order chi connectivity index (χ0) is 21.0. The molecule has 3 atom stereocenters. The number of amides is 1. The monoisotopic (exact) mass is 418 g/mol. The first-order valence-electron chi connectivity index (χ1n) is 9.77. The number of rotatable bonds is 2. The topological polar surface area (TPSA) is 50.5 Å². The van der Waals surface area contributed by atoms with E-state index in [0.717, 1.165) is 6.07 Å². The van der Waals surface area contributed by atoms with E-state index in [9.17, 15) is 22.4 Å². The minimum Gasteiger partial charge on any atom is -0.335 e. The van der Waals surface area contributed by atoms with Gasteiger partial charge in [0.05, 0.1) is 5.56 Å². The van der Waals surface area contributed by atoms with Crippen molar-refractivity contribution in [3.8, 4) is 0 Å². The Hall–Kier alpha value is -2.97. The third-order valence-corrected chi connectivity index (χ3v) is 6.30. The highest BCUT2D eigenvalue weighted by atomic mass is 19.4. The quantitative estimate of drug-likeness (QED) is 0.588. The van der Waals surface area contributed by atoms with Crippen molar-refractivity contribution in [3.05, 3.63) is 65.4 Å². The number of alkyl halides is 3. The number of carbonyl (C=O) groups excluding carboxylic acids is 1. The normalized spacial score (nSPS) is 23.9. The Kier molecular flexibility index (Phi) is 4.30. The van der Waals surface area contributed by atoms with Crippen molar-refractivity contribution in [3.63, 3.8) is 0 Å². The third kappa shape index (κ3) is 3.12. The molecule has 3 heterocycles. The summed E-state index contributed by atoms with van der Waals surface area (Å²) in [7, 11) is 0. The van der Waals surface area contributed by atoms with E-state index in [4.69, 9.17) is 0 Å². The van der Waals surface area contributed by atoms with Gasteiger partial charge in [0.1, 0.15) is 5.82 Å². The Balaban J connectivity index is 1.33. The molecule has 1 aliphatic heterocycles. The van der Waals surface area contributed by atoms with Crippen LogP contribution in [-0.4, -0.2) is 38.5 Å². The average molecular weight is 418 g/mol. The van der Waals surface area contributed by atoms with Crippen molar-refractivity contribution in [1.82, 2.24) is 19.5 Å². The molecule has 5 rings (SSSR count). The summed E-state index contributed by atoms with van der Waals surface area (Å²) in [4.78, 5) is 14.6. The first-order chi connectivity index (χ1) is 14.3. The lowest BCUT2D eigenvalue weighted by atomic mass is 9.91. The summed E-state index contributed by atoms with van der Waals surface area (Å²) in [5.74, 6) is -0.690. The van der Waals surface area contributed by atoms with Crippen LogP contribution in [0.2, 0.25) is 0 Å². The van der Waals surface area contributed by atoms with Crippen molar-refractivity contribution >= 4 is 11.6 Å². The summed E-state index contributed by atoms with van der Waals surface area (Å²) in [5, 5.41) is 7.81. The molecule has 2 aromatic heterocycles. The van der Waals surface area contributed by atoms with Gasteiger partial charge >= 0.3 is 6.18 Å². The van der Waals surface area contributed by atoms with E-state index in [1.807, 2.05) is 0 Å². The predicted octanol–water partition coefficient (Wildman–Crippen LogP) is 4.15. The van der Waals surface area contributed by atoms with E-state index >= 15 is 0 Å². The van der Waals surface area contributed by atoms with E-state index in [-0.39, 0.29) is 29.5 Å². The maximum Gasteiger partial charge on any atom is 0.416 e. The SMILES string of the molecule is O=C(c1nnc2ccc(F)cn12)N1C[C@H]2CC(c3ccccc3C(F)(F)F)C[C@H]2C1. The number of nitrogens with zero attached hydrogens (tertiary/aromatic N) is 4. The van der Waals surface area contributed by atoms with Crippen molar-refractivity contribution in [1.29, 1.82) is 0 Å². The molecule has 1 saturated heterocycles. The van der Waals surface area contributed by atoms with E-state index in [1.54, 1.807) is 17.0 Å². The van der Waals surface area contributed by atoms with E-state index in [1.165, 1.54) is 28.8 Å². The van der Waals surface area contributed by atoms with Crippen molar-refractivity contribution in [2.75, 3.05) is 13.1 Å². The molecule has 0 bridgehead atoms. The Morgan fingerprint density at radius 2 is 1.70 bits per heavy atom. The number of halogens is 4. The van der Waals surface area contributed by atoms with Crippen LogP contribution in [0.15, 0.2) is 42.6 Å². The average Bonchev–Trinajstić information content (AvgIpc) is 3.39. The molecule has 0 radical (unpaired) electrons. The van der Waals surface area contributed by atoms with Crippen LogP contribution in [0.25, 0.3) is 5.65 Å². The lowest BCUT2D eigenvalue weighted by molar-refractivity contribution is -0.138. The molecule has 5 nitrogen and oxygen atoms in total. The van der Waals surface area contributed by atoms with Gasteiger partial charge in [-0.1, -0.05) is 18.2 Å². The van der Waals surface area contributed by atoms with Gasteiger partial charge in [0, 0.05) is 19.3 Å². The van der Waals surface area contributed by atoms with Crippen LogP contribution in [-0.2, 0) is 6.18 Å². The second-order valence-corrected chi connectivity index (χ2v) is 8.08. The van der Waals surface area contributed by atoms with Gasteiger partial charge in [-0.2, -0.15) is 13.2 Å². The maximum absolute atomic E-state index is 13.6. The lowest BCUT2D eigenvalue weighted by Crippen LogP contribution is -2.31. The van der Waals surface area contributed by atoms with Gasteiger partial charge in [-0.05, 0) is 54.4 Å². The Morgan fingerprint density at radius 1 is 1.00 bits per heavy atom. The summed E-state index contributed by atoms with van der Waals surface area (Å²) in [6.07, 6.45) is -1.99. The molecule has 1 saturated carbocycles. The van der Waals surface area contributed by atoms with Gasteiger partial charge in [-0.3, -0.25) is 9.20 Å². The van der Waals surface area contributed by atoms with Gasteiger partial charge in [0.2, 0.25) is 5.82 Å². The fourth-order valence-electron chi connectivity index (χ4n) is 4.98. The largest absolute Gasteiger partial charge is 0.416 e. The lowest BCUT2D eigenvalue weighted by Gasteiger charge is -2.21. The van der Waals surface area contributed by atoms with Crippen molar-refractivity contribution < 1.29 is 22.4 Å². The number of hydrogen-bond donors (Lipinski definition) is 0. The summed E-state index contributed by atoms with van der Waals surface area (Å²) in [6.45, 7) is 0.914. The Labute approximate surface area is 169 Å². The first kappa shape index (κ1) is 19.0. The zero-order valence-electron chi connectivity index (χ0n) is 15.8. The summed E-state index contributed by atoms with van der Waals surface area (Å²) >= 11 is 0. The molecule has 2 fully saturated rings. The van der Waals surface area contributed by atoms with E-state index < -0.39 is 17.6 Å². The molecule has 1 aliphatic carbocycles. The molecule has 9 heteroatoms. The van der Waals surface area contributed by atoms with Crippen LogP contribution in [0.4, 0.5) is 17.6 Å². The molecule has 30 heavy (non-hydrogen) atoms. The molecule has 3 aromatic rings. The highest BCUT2D eigenvalue weighted by Gasteiger charge is 2.45. The standard InChI is InChI=1S/C21H18F4N4O/c22-15-5-6-18-26-27-19(29(18)11-15)20(30)28-9-13-7-12(8-14(13)10-28)16-3-1-2-4-17(16)21(23,24)25/h1-6,11-14H,7-10H2/t12?,13-,14+. The van der Waals surface area contributed by atoms with Gasteiger partial charge in [0.15, 0.2) is 5.65 Å². The molecule has 1 aromatic carbocycles. The van der Waals surface area contributed by atoms with Crippen LogP contribution >= 0.6 is 0 Å². The molecular weight excluding hydrogens is 400 g/mol. The number of likely N-dealkylation sites (tertiary alicyclic amines) is 1. The predicted molar refractivity (Wildman–Crippen MR) is 99.2 cm³/mol. The fraction of sp³-hybridized carbons (Fsp3) is 0.381. The number of fused-ring (bicyclic) bond motifs is 2. The minimum atomic E-state index is -4.37. The Morgan fingerprint density at radius 3 is 2.40 bits per heavy atom. The van der Waals surface area contributed by atoms with Crippen molar-refractivity contribution in [2.24, 2.45) is 11.8 Å². The van der Waals surface area contributed by atoms with E-state index in [2.05, 4.69) is 10.2 Å². The molecular formula is C21H18F4N4O. The highest BCUT2D eigenvalue weighted by molar-refractivity contribution is 5.91. The molecule has 1 amide bonds. The van der Waals surface area contributed by atoms with Gasteiger partial charge in [0.25, 0.3) is 5.91 Å². The number of pyridine rings is 1. The molecule has 2 aliphatic rings. The first-order valence-corrected chi connectivity index (χ1v) is 9.77. The molecule has 0 N–H and O–H groups in total.